The standard InChI is InChI=1S/C17H12N.C16H20NSi.Ir/c1-3-7-14(8-4-1)16-11-12-17(18-13-16)15-9-5-2-6-10-15;1-5-13-11-15(14-9-7-6-8-10-14)17-12-16(13)18(2,3)4;/h1-9,11-13H;6-9,11-12H,5H2,1-4H3;/q2*-1;/i;5D2;. The Bertz CT molecular complexity index is 1390. The van der Waals surface area contributed by atoms with Gasteiger partial charge in [-0.1, -0.05) is 80.7 Å². The summed E-state index contributed by atoms with van der Waals surface area (Å²) in [6.07, 6.45) is 2.41. The molecule has 0 unspecified atom stereocenters. The Morgan fingerprint density at radius 1 is 0.703 bits per heavy atom. The van der Waals surface area contributed by atoms with Gasteiger partial charge in [-0.15, -0.1) is 71.8 Å². The molecule has 0 saturated heterocycles. The van der Waals surface area contributed by atoms with E-state index in [0.29, 0.717) is 0 Å². The van der Waals surface area contributed by atoms with Gasteiger partial charge in [0.1, 0.15) is 0 Å². The summed E-state index contributed by atoms with van der Waals surface area (Å²) in [7, 11) is -1.62. The van der Waals surface area contributed by atoms with Crippen molar-refractivity contribution in [2.24, 2.45) is 0 Å². The summed E-state index contributed by atoms with van der Waals surface area (Å²) in [4.78, 5) is 9.02. The maximum Gasteiger partial charge on any atom is 0.0798 e. The summed E-state index contributed by atoms with van der Waals surface area (Å²) in [6, 6.07) is 38.2. The second kappa shape index (κ2) is 13.4. The van der Waals surface area contributed by atoms with Crippen LogP contribution in [0.1, 0.15) is 15.2 Å². The fourth-order valence-electron chi connectivity index (χ4n) is 3.87. The van der Waals surface area contributed by atoms with Crippen molar-refractivity contribution in [3.05, 3.63) is 127 Å². The molecule has 0 amide bonds. The molecule has 2 heterocycles. The van der Waals surface area contributed by atoms with Crippen LogP contribution < -0.4 is 5.19 Å². The SMILES string of the molecule is [2H]C([2H])(C)c1cc(-c2[c-]cccc2)ncc1[Si](C)(C)C.[Ir].[c-]1ccccc1-c1ccc(-c2ccccc2)cn1. The third-order valence-electron chi connectivity index (χ3n) is 5.82. The van der Waals surface area contributed by atoms with E-state index >= 15 is 0 Å². The van der Waals surface area contributed by atoms with Crippen molar-refractivity contribution in [3.8, 4) is 33.6 Å². The molecule has 0 atom stereocenters. The quantitative estimate of drug-likeness (QED) is 0.140. The molecule has 3 aromatic carbocycles. The summed E-state index contributed by atoms with van der Waals surface area (Å²) in [5.41, 5.74) is 6.75. The zero-order valence-corrected chi connectivity index (χ0v) is 25.0. The molecule has 2 aromatic heterocycles. The molecule has 5 aromatic rings. The molecular weight excluding hydrogens is 645 g/mol. The first-order chi connectivity index (χ1) is 18.1. The molecule has 4 heteroatoms. The molecule has 5 rings (SSSR count). The van der Waals surface area contributed by atoms with Gasteiger partial charge in [0.05, 0.1) is 8.07 Å². The minimum Gasteiger partial charge on any atom is -0.305 e. The first-order valence-electron chi connectivity index (χ1n) is 13.1. The predicted octanol–water partition coefficient (Wildman–Crippen LogP) is 7.87. The van der Waals surface area contributed by atoms with Crippen LogP contribution in [-0.4, -0.2) is 18.0 Å². The smallest absolute Gasteiger partial charge is 0.0798 e. The van der Waals surface area contributed by atoms with Crippen molar-refractivity contribution in [3.63, 3.8) is 0 Å². The van der Waals surface area contributed by atoms with Crippen LogP contribution in [0, 0.1) is 12.1 Å². The molecule has 0 saturated carbocycles. The van der Waals surface area contributed by atoms with E-state index in [4.69, 9.17) is 2.74 Å². The van der Waals surface area contributed by atoms with Gasteiger partial charge >= 0.3 is 0 Å². The number of rotatable bonds is 5. The molecular formula is C33H32IrN2Si-2. The van der Waals surface area contributed by atoms with Crippen molar-refractivity contribution < 1.29 is 22.8 Å². The number of pyridine rings is 2. The van der Waals surface area contributed by atoms with Gasteiger partial charge in [-0.05, 0) is 34.1 Å². The maximum atomic E-state index is 8.10. The molecule has 0 aliphatic rings. The fourth-order valence-corrected chi connectivity index (χ4v) is 5.32. The Kier molecular flexibility index (Phi) is 9.22. The summed E-state index contributed by atoms with van der Waals surface area (Å²) in [5, 5.41) is 1.09. The van der Waals surface area contributed by atoms with Gasteiger partial charge in [0, 0.05) is 35.2 Å². The molecule has 0 aliphatic heterocycles. The third kappa shape index (κ3) is 7.66. The summed E-state index contributed by atoms with van der Waals surface area (Å²) >= 11 is 0. The fraction of sp³-hybridized carbons (Fsp3) is 0.152. The number of nitrogens with zero attached hydrogens (tertiary/aromatic N) is 2. The molecule has 0 aliphatic carbocycles. The summed E-state index contributed by atoms with van der Waals surface area (Å²) in [6.45, 7) is 8.26. The zero-order chi connectivity index (χ0) is 27.2. The summed E-state index contributed by atoms with van der Waals surface area (Å²) in [5.74, 6) is 0. The van der Waals surface area contributed by atoms with Gasteiger partial charge in [0.15, 0.2) is 0 Å². The topological polar surface area (TPSA) is 25.8 Å². The summed E-state index contributed by atoms with van der Waals surface area (Å²) < 4.78 is 16.2. The molecule has 0 bridgehead atoms. The Labute approximate surface area is 239 Å². The maximum absolute atomic E-state index is 8.10. The van der Waals surface area contributed by atoms with Crippen molar-refractivity contribution >= 4 is 13.3 Å². The second-order valence-corrected chi connectivity index (χ2v) is 14.5. The Hall–Kier alpha value is -3.17. The molecule has 0 spiro atoms. The largest absolute Gasteiger partial charge is 0.305 e. The number of aryl methyl sites for hydroxylation is 1. The predicted molar refractivity (Wildman–Crippen MR) is 155 cm³/mol. The molecule has 0 N–H and O–H groups in total. The van der Waals surface area contributed by atoms with Crippen LogP contribution in [0.4, 0.5) is 0 Å². The Morgan fingerprint density at radius 2 is 1.30 bits per heavy atom. The van der Waals surface area contributed by atoms with Crippen molar-refractivity contribution in [1.29, 1.82) is 0 Å². The van der Waals surface area contributed by atoms with Gasteiger partial charge in [-0.25, -0.2) is 0 Å². The number of aromatic nitrogens is 2. The molecule has 1 radical (unpaired) electrons. The molecule has 2 nitrogen and oxygen atoms in total. The molecule has 37 heavy (non-hydrogen) atoms. The van der Waals surface area contributed by atoms with Gasteiger partial charge in [-0.3, -0.25) is 0 Å². The van der Waals surface area contributed by atoms with Gasteiger partial charge in [-0.2, -0.15) is 0 Å². The molecule has 0 fully saturated rings. The normalized spacial score (nSPS) is 11.8. The van der Waals surface area contributed by atoms with E-state index in [2.05, 4.69) is 59.9 Å². The van der Waals surface area contributed by atoms with Crippen LogP contribution in [0.15, 0.2) is 109 Å². The van der Waals surface area contributed by atoms with Gasteiger partial charge in [0.2, 0.25) is 0 Å². The second-order valence-electron chi connectivity index (χ2n) is 9.47. The Balaban J connectivity index is 0.000000211. The van der Waals surface area contributed by atoms with Crippen LogP contribution >= 0.6 is 0 Å². The monoisotopic (exact) mass is 679 g/mol. The van der Waals surface area contributed by atoms with Crippen LogP contribution in [0.3, 0.4) is 0 Å². The van der Waals surface area contributed by atoms with E-state index in [-0.39, 0.29) is 20.1 Å². The average molecular weight is 679 g/mol. The minimum atomic E-state index is -1.62. The van der Waals surface area contributed by atoms with E-state index in [9.17, 15) is 0 Å². The molecule has 189 valence electrons. The van der Waals surface area contributed by atoms with E-state index < -0.39 is 14.4 Å². The number of benzene rings is 3. The Morgan fingerprint density at radius 3 is 1.81 bits per heavy atom. The van der Waals surface area contributed by atoms with Gasteiger partial charge in [0.25, 0.3) is 0 Å². The van der Waals surface area contributed by atoms with Crippen LogP contribution in [0.25, 0.3) is 33.6 Å². The van der Waals surface area contributed by atoms with Crippen molar-refractivity contribution in [2.45, 2.75) is 32.9 Å². The van der Waals surface area contributed by atoms with E-state index in [0.717, 1.165) is 38.8 Å². The first-order valence-corrected chi connectivity index (χ1v) is 15.6. The van der Waals surface area contributed by atoms with Crippen molar-refractivity contribution in [1.82, 2.24) is 9.97 Å². The zero-order valence-electron chi connectivity index (χ0n) is 23.6. The van der Waals surface area contributed by atoms with E-state index in [1.165, 1.54) is 5.56 Å². The first kappa shape index (κ1) is 25.5. The van der Waals surface area contributed by atoms with Crippen LogP contribution in [-0.2, 0) is 26.5 Å². The minimum absolute atomic E-state index is 0. The number of hydrogen-bond donors (Lipinski definition) is 0. The van der Waals surface area contributed by atoms with E-state index in [1.54, 1.807) is 6.92 Å². The third-order valence-corrected chi connectivity index (χ3v) is 7.84. The van der Waals surface area contributed by atoms with Gasteiger partial charge < -0.3 is 9.97 Å². The van der Waals surface area contributed by atoms with Crippen LogP contribution in [0.2, 0.25) is 19.6 Å². The van der Waals surface area contributed by atoms with Crippen LogP contribution in [0.5, 0.6) is 0 Å². The average Bonchev–Trinajstić information content (AvgIpc) is 2.94. The van der Waals surface area contributed by atoms with Crippen molar-refractivity contribution in [2.75, 3.05) is 0 Å². The number of hydrogen-bond acceptors (Lipinski definition) is 2. The van der Waals surface area contributed by atoms with E-state index in [1.807, 2.05) is 91.3 Å².